The zero-order chi connectivity index (χ0) is 15.0. The third-order valence-electron chi connectivity index (χ3n) is 3.28. The Balaban J connectivity index is 0.00000400. The second-order valence-electron chi connectivity index (χ2n) is 4.83. The fraction of sp³-hybridized carbons (Fsp3) is 0.467. The molecule has 0 fully saturated rings. The maximum Gasteiger partial charge on any atom is 0.320 e. The average Bonchev–Trinajstić information content (AvgIpc) is 2.46. The molecule has 0 aliphatic heterocycles. The highest BCUT2D eigenvalue weighted by molar-refractivity contribution is 5.85. The fourth-order valence-electron chi connectivity index (χ4n) is 1.92. The van der Waals surface area contributed by atoms with Gasteiger partial charge in [-0.2, -0.15) is 0 Å². The average molecular weight is 315 g/mol. The Hall–Kier alpha value is -1.59. The van der Waals surface area contributed by atoms with Gasteiger partial charge in [0.15, 0.2) is 0 Å². The molecule has 1 unspecified atom stereocenters. The SMILES string of the molecule is CN[C@@H](CCC(=O)NCC(C)c1ccccc1)C(=O)O.Cl. The molecular formula is C15H23ClN2O3. The molecule has 0 radical (unpaired) electrons. The summed E-state index contributed by atoms with van der Waals surface area (Å²) in [5.41, 5.74) is 1.17. The number of rotatable bonds is 8. The molecule has 21 heavy (non-hydrogen) atoms. The van der Waals surface area contributed by atoms with Gasteiger partial charge in [0.25, 0.3) is 0 Å². The number of aliphatic carboxylic acids is 1. The van der Waals surface area contributed by atoms with Crippen molar-refractivity contribution >= 4 is 24.3 Å². The van der Waals surface area contributed by atoms with E-state index in [4.69, 9.17) is 5.11 Å². The van der Waals surface area contributed by atoms with E-state index in [2.05, 4.69) is 10.6 Å². The Morgan fingerprint density at radius 1 is 1.24 bits per heavy atom. The Kier molecular flexibility index (Phi) is 9.41. The van der Waals surface area contributed by atoms with E-state index in [-0.39, 0.29) is 37.1 Å². The molecule has 0 saturated heterocycles. The zero-order valence-electron chi connectivity index (χ0n) is 12.3. The van der Waals surface area contributed by atoms with Crippen molar-refractivity contribution in [3.05, 3.63) is 35.9 Å². The molecule has 0 saturated carbocycles. The third kappa shape index (κ3) is 7.11. The number of carbonyl (C=O) groups excluding carboxylic acids is 1. The van der Waals surface area contributed by atoms with Crippen LogP contribution in [0.4, 0.5) is 0 Å². The van der Waals surface area contributed by atoms with Crippen LogP contribution in [0.15, 0.2) is 30.3 Å². The first-order valence-electron chi connectivity index (χ1n) is 6.76. The molecular weight excluding hydrogens is 292 g/mol. The lowest BCUT2D eigenvalue weighted by atomic mass is 10.0. The number of carboxylic acid groups (broad SMARTS) is 1. The van der Waals surface area contributed by atoms with Crippen molar-refractivity contribution in [1.29, 1.82) is 0 Å². The lowest BCUT2D eigenvalue weighted by molar-refractivity contribution is -0.139. The Morgan fingerprint density at radius 3 is 2.38 bits per heavy atom. The Labute approximate surface area is 131 Å². The molecule has 0 heterocycles. The summed E-state index contributed by atoms with van der Waals surface area (Å²) >= 11 is 0. The number of hydrogen-bond donors (Lipinski definition) is 3. The number of carboxylic acids is 1. The molecule has 1 aromatic rings. The van der Waals surface area contributed by atoms with Crippen molar-refractivity contribution in [2.45, 2.75) is 31.7 Å². The molecule has 1 rings (SSSR count). The van der Waals surface area contributed by atoms with Gasteiger partial charge in [-0.1, -0.05) is 37.3 Å². The van der Waals surface area contributed by atoms with Crippen LogP contribution in [0.1, 0.15) is 31.2 Å². The molecule has 0 bridgehead atoms. The van der Waals surface area contributed by atoms with E-state index in [1.165, 1.54) is 5.56 Å². The molecule has 6 heteroatoms. The summed E-state index contributed by atoms with van der Waals surface area (Å²) < 4.78 is 0. The zero-order valence-corrected chi connectivity index (χ0v) is 13.2. The maximum absolute atomic E-state index is 11.7. The van der Waals surface area contributed by atoms with Crippen LogP contribution in [0.3, 0.4) is 0 Å². The van der Waals surface area contributed by atoms with Crippen LogP contribution in [-0.4, -0.2) is 36.6 Å². The molecule has 118 valence electrons. The summed E-state index contributed by atoms with van der Waals surface area (Å²) in [7, 11) is 1.58. The van der Waals surface area contributed by atoms with Crippen LogP contribution in [0.25, 0.3) is 0 Å². The highest BCUT2D eigenvalue weighted by Gasteiger charge is 2.16. The van der Waals surface area contributed by atoms with Gasteiger partial charge in [-0.05, 0) is 24.9 Å². The predicted octanol–water partition coefficient (Wildman–Crippen LogP) is 1.78. The van der Waals surface area contributed by atoms with E-state index in [0.29, 0.717) is 6.54 Å². The lowest BCUT2D eigenvalue weighted by Gasteiger charge is -2.14. The number of benzene rings is 1. The summed E-state index contributed by atoms with van der Waals surface area (Å²) in [4.78, 5) is 22.5. The van der Waals surface area contributed by atoms with Crippen LogP contribution >= 0.6 is 12.4 Å². The number of likely N-dealkylation sites (N-methyl/N-ethyl adjacent to an activating group) is 1. The van der Waals surface area contributed by atoms with Gasteiger partial charge in [0, 0.05) is 13.0 Å². The fourth-order valence-corrected chi connectivity index (χ4v) is 1.92. The Morgan fingerprint density at radius 2 is 1.86 bits per heavy atom. The molecule has 3 N–H and O–H groups in total. The number of carbonyl (C=O) groups is 2. The van der Waals surface area contributed by atoms with Crippen molar-refractivity contribution < 1.29 is 14.7 Å². The quantitative estimate of drug-likeness (QED) is 0.683. The van der Waals surface area contributed by atoms with Gasteiger partial charge < -0.3 is 15.7 Å². The first-order valence-corrected chi connectivity index (χ1v) is 6.76. The van der Waals surface area contributed by atoms with Crippen molar-refractivity contribution in [3.8, 4) is 0 Å². The molecule has 0 aromatic heterocycles. The van der Waals surface area contributed by atoms with Gasteiger partial charge in [-0.3, -0.25) is 9.59 Å². The molecule has 5 nitrogen and oxygen atoms in total. The summed E-state index contributed by atoms with van der Waals surface area (Å²) in [5, 5.41) is 14.4. The number of hydrogen-bond acceptors (Lipinski definition) is 3. The van der Waals surface area contributed by atoms with Crippen LogP contribution in [0.5, 0.6) is 0 Å². The van der Waals surface area contributed by atoms with Crippen molar-refractivity contribution in [2.75, 3.05) is 13.6 Å². The number of halogens is 1. The van der Waals surface area contributed by atoms with Gasteiger partial charge in [-0.15, -0.1) is 12.4 Å². The number of amides is 1. The van der Waals surface area contributed by atoms with E-state index in [9.17, 15) is 9.59 Å². The molecule has 1 aromatic carbocycles. The van der Waals surface area contributed by atoms with Gasteiger partial charge in [0.05, 0.1) is 0 Å². The van der Waals surface area contributed by atoms with E-state index < -0.39 is 12.0 Å². The minimum atomic E-state index is -0.932. The minimum absolute atomic E-state index is 0. The molecule has 2 atom stereocenters. The van der Waals surface area contributed by atoms with E-state index >= 15 is 0 Å². The Bertz CT molecular complexity index is 440. The second kappa shape index (κ2) is 10.2. The highest BCUT2D eigenvalue weighted by Crippen LogP contribution is 2.13. The van der Waals surface area contributed by atoms with Crippen LogP contribution in [0.2, 0.25) is 0 Å². The van der Waals surface area contributed by atoms with Crippen LogP contribution in [-0.2, 0) is 9.59 Å². The summed E-state index contributed by atoms with van der Waals surface area (Å²) in [6.45, 7) is 2.60. The van der Waals surface area contributed by atoms with Crippen molar-refractivity contribution in [1.82, 2.24) is 10.6 Å². The summed E-state index contributed by atoms with van der Waals surface area (Å²) in [5.74, 6) is -0.813. The van der Waals surface area contributed by atoms with Crippen LogP contribution < -0.4 is 10.6 Å². The smallest absolute Gasteiger partial charge is 0.320 e. The second-order valence-corrected chi connectivity index (χ2v) is 4.83. The third-order valence-corrected chi connectivity index (χ3v) is 3.28. The largest absolute Gasteiger partial charge is 0.480 e. The van der Waals surface area contributed by atoms with E-state index in [0.717, 1.165) is 0 Å². The highest BCUT2D eigenvalue weighted by atomic mass is 35.5. The first-order chi connectivity index (χ1) is 9.54. The van der Waals surface area contributed by atoms with Crippen molar-refractivity contribution in [2.24, 2.45) is 0 Å². The summed E-state index contributed by atoms with van der Waals surface area (Å²) in [6.07, 6.45) is 0.497. The van der Waals surface area contributed by atoms with Crippen LogP contribution in [0, 0.1) is 0 Å². The normalized spacial score (nSPS) is 12.9. The standard InChI is InChI=1S/C15H22N2O3.ClH/c1-11(12-6-4-3-5-7-12)10-17-14(18)9-8-13(16-2)15(19)20;/h3-7,11,13,16H,8-10H2,1-2H3,(H,17,18)(H,19,20);1H/t11?,13-;/m0./s1. The molecule has 1 amide bonds. The van der Waals surface area contributed by atoms with Gasteiger partial charge in [0.2, 0.25) is 5.91 Å². The van der Waals surface area contributed by atoms with Gasteiger partial charge in [-0.25, -0.2) is 0 Å². The van der Waals surface area contributed by atoms with E-state index in [1.807, 2.05) is 37.3 Å². The van der Waals surface area contributed by atoms with Crippen molar-refractivity contribution in [3.63, 3.8) is 0 Å². The lowest BCUT2D eigenvalue weighted by Crippen LogP contribution is -2.36. The first kappa shape index (κ1) is 19.4. The molecule has 0 spiro atoms. The molecule has 0 aliphatic carbocycles. The molecule has 0 aliphatic rings. The topological polar surface area (TPSA) is 78.4 Å². The predicted molar refractivity (Wildman–Crippen MR) is 84.8 cm³/mol. The van der Waals surface area contributed by atoms with Gasteiger partial charge in [0.1, 0.15) is 6.04 Å². The maximum atomic E-state index is 11.7. The van der Waals surface area contributed by atoms with E-state index in [1.54, 1.807) is 7.05 Å². The minimum Gasteiger partial charge on any atom is -0.480 e. The summed E-state index contributed by atoms with van der Waals surface area (Å²) in [6, 6.07) is 9.28. The van der Waals surface area contributed by atoms with Gasteiger partial charge >= 0.3 is 5.97 Å². The monoisotopic (exact) mass is 314 g/mol. The number of nitrogens with one attached hydrogen (secondary N) is 2.